The Morgan fingerprint density at radius 1 is 1.43 bits per heavy atom. The van der Waals surface area contributed by atoms with Gasteiger partial charge in [0.15, 0.2) is 0 Å². The fourth-order valence-electron chi connectivity index (χ4n) is 2.25. The number of pyridine rings is 1. The summed E-state index contributed by atoms with van der Waals surface area (Å²) in [5.41, 5.74) is 7.37. The van der Waals surface area contributed by atoms with Gasteiger partial charge in [0.1, 0.15) is 4.60 Å². The summed E-state index contributed by atoms with van der Waals surface area (Å²) in [6.07, 6.45) is 6.95. The first kappa shape index (κ1) is 10.1. The van der Waals surface area contributed by atoms with Crippen molar-refractivity contribution in [3.63, 3.8) is 0 Å². The van der Waals surface area contributed by atoms with Gasteiger partial charge < -0.3 is 5.73 Å². The van der Waals surface area contributed by atoms with Crippen LogP contribution in [-0.4, -0.2) is 11.5 Å². The van der Waals surface area contributed by atoms with Crippen LogP contribution in [0.2, 0.25) is 0 Å². The predicted molar refractivity (Wildman–Crippen MR) is 61.1 cm³/mol. The average molecular weight is 255 g/mol. The van der Waals surface area contributed by atoms with Gasteiger partial charge in [0, 0.05) is 6.20 Å². The summed E-state index contributed by atoms with van der Waals surface area (Å²) in [7, 11) is 0. The maximum atomic E-state index is 5.66. The number of aromatic nitrogens is 1. The average Bonchev–Trinajstić information content (AvgIpc) is 2.13. The van der Waals surface area contributed by atoms with E-state index in [1.54, 1.807) is 0 Å². The second kappa shape index (κ2) is 3.99. The number of nitrogens with two attached hydrogens (primary N) is 1. The summed E-state index contributed by atoms with van der Waals surface area (Å²) in [6, 6.07) is 4.19. The minimum atomic E-state index is 0.350. The van der Waals surface area contributed by atoms with Gasteiger partial charge in [-0.05, 0) is 58.8 Å². The third-order valence-electron chi connectivity index (χ3n) is 3.27. The molecule has 0 aromatic carbocycles. The zero-order chi connectivity index (χ0) is 10.0. The zero-order valence-electron chi connectivity index (χ0n) is 8.17. The number of rotatable bonds is 3. The topological polar surface area (TPSA) is 38.9 Å². The second-order valence-electron chi connectivity index (χ2n) is 4.04. The molecule has 0 unspecified atom stereocenters. The maximum Gasteiger partial charge on any atom is 0.106 e. The maximum absolute atomic E-state index is 5.66. The fourth-order valence-corrected chi connectivity index (χ4v) is 2.49. The smallest absolute Gasteiger partial charge is 0.106 e. The molecule has 2 rings (SSSR count). The number of hydrogen-bond acceptors (Lipinski definition) is 2. The Labute approximate surface area is 93.0 Å². The summed E-state index contributed by atoms with van der Waals surface area (Å²) >= 11 is 3.36. The van der Waals surface area contributed by atoms with Crippen molar-refractivity contribution in [2.45, 2.75) is 31.1 Å². The van der Waals surface area contributed by atoms with Gasteiger partial charge in [-0.1, -0.05) is 12.5 Å². The molecule has 2 nitrogen and oxygen atoms in total. The van der Waals surface area contributed by atoms with Gasteiger partial charge in [-0.25, -0.2) is 4.98 Å². The standard InChI is InChI=1S/C11H15BrN2/c12-10-3-2-9(8-14-10)11(6-7-13)4-1-5-11/h2-3,8H,1,4-7,13H2. The zero-order valence-corrected chi connectivity index (χ0v) is 9.76. The lowest BCUT2D eigenvalue weighted by Gasteiger charge is -2.42. The van der Waals surface area contributed by atoms with E-state index in [1.807, 2.05) is 12.3 Å². The summed E-state index contributed by atoms with van der Waals surface area (Å²) < 4.78 is 0.906. The van der Waals surface area contributed by atoms with E-state index < -0.39 is 0 Å². The van der Waals surface area contributed by atoms with Crippen LogP contribution in [0.4, 0.5) is 0 Å². The normalized spacial score (nSPS) is 19.0. The fraction of sp³-hybridized carbons (Fsp3) is 0.545. The van der Waals surface area contributed by atoms with E-state index in [0.29, 0.717) is 5.41 Å². The lowest BCUT2D eigenvalue weighted by Crippen LogP contribution is -2.36. The molecular formula is C11H15BrN2. The Morgan fingerprint density at radius 3 is 2.64 bits per heavy atom. The molecule has 1 heterocycles. The SMILES string of the molecule is NCCC1(c2ccc(Br)nc2)CCC1. The van der Waals surface area contributed by atoms with Crippen LogP contribution in [0.1, 0.15) is 31.2 Å². The molecule has 0 aliphatic heterocycles. The van der Waals surface area contributed by atoms with E-state index in [4.69, 9.17) is 5.73 Å². The molecule has 0 radical (unpaired) electrons. The van der Waals surface area contributed by atoms with Gasteiger partial charge in [0.25, 0.3) is 0 Å². The Balaban J connectivity index is 2.23. The molecule has 0 amide bonds. The highest BCUT2D eigenvalue weighted by molar-refractivity contribution is 9.10. The van der Waals surface area contributed by atoms with Crippen LogP contribution >= 0.6 is 15.9 Å². The molecule has 1 aliphatic carbocycles. The molecule has 0 atom stereocenters. The van der Waals surface area contributed by atoms with Crippen molar-refractivity contribution >= 4 is 15.9 Å². The molecule has 0 spiro atoms. The Kier molecular flexibility index (Phi) is 2.88. The van der Waals surface area contributed by atoms with Gasteiger partial charge in [0.05, 0.1) is 0 Å². The number of nitrogens with zero attached hydrogens (tertiary/aromatic N) is 1. The molecular weight excluding hydrogens is 240 g/mol. The first-order valence-corrected chi connectivity index (χ1v) is 5.88. The van der Waals surface area contributed by atoms with E-state index >= 15 is 0 Å². The van der Waals surface area contributed by atoms with Gasteiger partial charge in [-0.3, -0.25) is 0 Å². The van der Waals surface area contributed by atoms with Gasteiger partial charge in [-0.15, -0.1) is 0 Å². The molecule has 0 saturated heterocycles. The number of halogens is 1. The quantitative estimate of drug-likeness (QED) is 0.843. The second-order valence-corrected chi connectivity index (χ2v) is 4.85. The summed E-state index contributed by atoms with van der Waals surface area (Å²) in [5, 5.41) is 0. The van der Waals surface area contributed by atoms with E-state index in [0.717, 1.165) is 17.6 Å². The summed E-state index contributed by atoms with van der Waals surface area (Å²) in [5.74, 6) is 0. The van der Waals surface area contributed by atoms with Crippen LogP contribution < -0.4 is 5.73 Å². The van der Waals surface area contributed by atoms with Gasteiger partial charge in [0.2, 0.25) is 0 Å². The molecule has 0 bridgehead atoms. The Hall–Kier alpha value is -0.410. The van der Waals surface area contributed by atoms with Crippen molar-refractivity contribution in [1.82, 2.24) is 4.98 Å². The van der Waals surface area contributed by atoms with E-state index in [2.05, 4.69) is 27.0 Å². The molecule has 1 aliphatic rings. The molecule has 3 heteroatoms. The minimum absolute atomic E-state index is 0.350. The van der Waals surface area contributed by atoms with Crippen LogP contribution in [-0.2, 0) is 5.41 Å². The monoisotopic (exact) mass is 254 g/mol. The molecule has 1 aromatic heterocycles. The number of hydrogen-bond donors (Lipinski definition) is 1. The highest BCUT2D eigenvalue weighted by Gasteiger charge is 2.37. The summed E-state index contributed by atoms with van der Waals surface area (Å²) in [6.45, 7) is 0.774. The Morgan fingerprint density at radius 2 is 2.21 bits per heavy atom. The molecule has 1 fully saturated rings. The highest BCUT2D eigenvalue weighted by atomic mass is 79.9. The predicted octanol–water partition coefficient (Wildman–Crippen LogP) is 2.61. The van der Waals surface area contributed by atoms with Crippen LogP contribution in [0.15, 0.2) is 22.9 Å². The minimum Gasteiger partial charge on any atom is -0.330 e. The first-order valence-electron chi connectivity index (χ1n) is 5.09. The van der Waals surface area contributed by atoms with Gasteiger partial charge >= 0.3 is 0 Å². The summed E-state index contributed by atoms with van der Waals surface area (Å²) in [4.78, 5) is 4.29. The van der Waals surface area contributed by atoms with Gasteiger partial charge in [-0.2, -0.15) is 0 Å². The lowest BCUT2D eigenvalue weighted by atomic mass is 9.63. The molecule has 14 heavy (non-hydrogen) atoms. The van der Waals surface area contributed by atoms with E-state index in [9.17, 15) is 0 Å². The molecule has 2 N–H and O–H groups in total. The van der Waals surface area contributed by atoms with Crippen molar-refractivity contribution in [3.05, 3.63) is 28.5 Å². The largest absolute Gasteiger partial charge is 0.330 e. The van der Waals surface area contributed by atoms with Crippen molar-refractivity contribution in [2.24, 2.45) is 5.73 Å². The van der Waals surface area contributed by atoms with Crippen LogP contribution in [0.5, 0.6) is 0 Å². The van der Waals surface area contributed by atoms with Crippen molar-refractivity contribution < 1.29 is 0 Å². The highest BCUT2D eigenvalue weighted by Crippen LogP contribution is 2.45. The lowest BCUT2D eigenvalue weighted by molar-refractivity contribution is 0.229. The van der Waals surface area contributed by atoms with E-state index in [1.165, 1.54) is 24.8 Å². The Bertz CT molecular complexity index is 304. The van der Waals surface area contributed by atoms with Crippen LogP contribution in [0, 0.1) is 0 Å². The molecule has 1 saturated carbocycles. The van der Waals surface area contributed by atoms with E-state index in [-0.39, 0.29) is 0 Å². The van der Waals surface area contributed by atoms with Crippen LogP contribution in [0.25, 0.3) is 0 Å². The molecule has 1 aromatic rings. The molecule has 76 valence electrons. The third kappa shape index (κ3) is 1.71. The van der Waals surface area contributed by atoms with Crippen molar-refractivity contribution in [3.8, 4) is 0 Å². The van der Waals surface area contributed by atoms with Crippen LogP contribution in [0.3, 0.4) is 0 Å². The first-order chi connectivity index (χ1) is 6.77. The van der Waals surface area contributed by atoms with Crippen molar-refractivity contribution in [2.75, 3.05) is 6.54 Å². The third-order valence-corrected chi connectivity index (χ3v) is 3.74. The van der Waals surface area contributed by atoms with Crippen molar-refractivity contribution in [1.29, 1.82) is 0 Å².